The van der Waals surface area contributed by atoms with Gasteiger partial charge in [0.1, 0.15) is 5.82 Å². The number of carbonyl (C=O) groups excluding carboxylic acids is 1. The molecule has 0 unspecified atom stereocenters. The second-order valence-electron chi connectivity index (χ2n) is 5.39. The van der Waals surface area contributed by atoms with Crippen molar-refractivity contribution in [1.82, 2.24) is 4.90 Å². The first kappa shape index (κ1) is 16.0. The Balaban J connectivity index is 2.13. The lowest BCUT2D eigenvalue weighted by Crippen LogP contribution is -2.30. The Morgan fingerprint density at radius 3 is 2.32 bits per heavy atom. The van der Waals surface area contributed by atoms with Crippen LogP contribution in [0.1, 0.15) is 22.8 Å². The van der Waals surface area contributed by atoms with Gasteiger partial charge in [-0.25, -0.2) is 4.39 Å². The summed E-state index contributed by atoms with van der Waals surface area (Å²) in [7, 11) is 3.97. The lowest BCUT2D eigenvalue weighted by molar-refractivity contribution is 0.0752. The van der Waals surface area contributed by atoms with Crippen molar-refractivity contribution in [3.63, 3.8) is 0 Å². The monoisotopic (exact) mass is 300 g/mol. The normalized spacial score (nSPS) is 10.4. The van der Waals surface area contributed by atoms with E-state index in [0.29, 0.717) is 18.7 Å². The molecule has 2 aromatic rings. The highest BCUT2D eigenvalue weighted by atomic mass is 19.1. The highest BCUT2D eigenvalue weighted by Gasteiger charge is 2.15. The largest absolute Gasteiger partial charge is 0.378 e. The number of halogens is 1. The van der Waals surface area contributed by atoms with Crippen molar-refractivity contribution in [2.24, 2.45) is 0 Å². The molecule has 1 amide bonds. The zero-order valence-corrected chi connectivity index (χ0v) is 13.2. The highest BCUT2D eigenvalue weighted by Crippen LogP contribution is 2.15. The van der Waals surface area contributed by atoms with E-state index in [-0.39, 0.29) is 5.91 Å². The van der Waals surface area contributed by atoms with Crippen molar-refractivity contribution in [2.45, 2.75) is 13.5 Å². The van der Waals surface area contributed by atoms with Gasteiger partial charge in [-0.05, 0) is 42.8 Å². The van der Waals surface area contributed by atoms with Crippen LogP contribution in [0.25, 0.3) is 0 Å². The SMILES string of the molecule is CCN(Cc1ccc(N(C)C)cc1)C(=O)c1cccc(F)c1. The molecule has 0 radical (unpaired) electrons. The molecule has 0 fully saturated rings. The minimum absolute atomic E-state index is 0.154. The number of benzene rings is 2. The minimum atomic E-state index is -0.391. The van der Waals surface area contributed by atoms with Gasteiger partial charge in [-0.2, -0.15) is 0 Å². The molecule has 2 aromatic carbocycles. The average Bonchev–Trinajstić information content (AvgIpc) is 2.52. The van der Waals surface area contributed by atoms with E-state index in [4.69, 9.17) is 0 Å². The summed E-state index contributed by atoms with van der Waals surface area (Å²) in [6.45, 7) is 3.01. The number of hydrogen-bond acceptors (Lipinski definition) is 2. The molecule has 22 heavy (non-hydrogen) atoms. The third-order valence-electron chi connectivity index (χ3n) is 3.57. The van der Waals surface area contributed by atoms with Crippen LogP contribution in [0.2, 0.25) is 0 Å². The second-order valence-corrected chi connectivity index (χ2v) is 5.39. The number of rotatable bonds is 5. The maximum absolute atomic E-state index is 13.3. The smallest absolute Gasteiger partial charge is 0.254 e. The fourth-order valence-electron chi connectivity index (χ4n) is 2.25. The van der Waals surface area contributed by atoms with Crippen LogP contribution in [0.3, 0.4) is 0 Å². The lowest BCUT2D eigenvalue weighted by atomic mass is 10.1. The topological polar surface area (TPSA) is 23.6 Å². The van der Waals surface area contributed by atoms with E-state index in [2.05, 4.69) is 0 Å². The molecule has 0 aliphatic rings. The van der Waals surface area contributed by atoms with Crippen LogP contribution in [0.5, 0.6) is 0 Å². The highest BCUT2D eigenvalue weighted by molar-refractivity contribution is 5.94. The van der Waals surface area contributed by atoms with Gasteiger partial charge in [-0.15, -0.1) is 0 Å². The molecule has 0 saturated heterocycles. The molecule has 0 atom stereocenters. The third kappa shape index (κ3) is 3.85. The van der Waals surface area contributed by atoms with Crippen molar-refractivity contribution in [1.29, 1.82) is 0 Å². The molecule has 0 aromatic heterocycles. The van der Waals surface area contributed by atoms with Crippen LogP contribution in [0.4, 0.5) is 10.1 Å². The van der Waals surface area contributed by atoms with Gasteiger partial charge in [0, 0.05) is 38.4 Å². The van der Waals surface area contributed by atoms with E-state index in [9.17, 15) is 9.18 Å². The van der Waals surface area contributed by atoms with E-state index in [1.807, 2.05) is 50.2 Å². The van der Waals surface area contributed by atoms with E-state index in [1.165, 1.54) is 12.1 Å². The molecule has 0 saturated carbocycles. The van der Waals surface area contributed by atoms with E-state index < -0.39 is 5.82 Å². The molecule has 3 nitrogen and oxygen atoms in total. The predicted octanol–water partition coefficient (Wildman–Crippen LogP) is 3.55. The zero-order chi connectivity index (χ0) is 16.1. The molecular weight excluding hydrogens is 279 g/mol. The summed E-state index contributed by atoms with van der Waals surface area (Å²) in [5.41, 5.74) is 2.55. The Kier molecular flexibility index (Phi) is 5.15. The molecule has 0 aliphatic carbocycles. The molecule has 4 heteroatoms. The van der Waals surface area contributed by atoms with Gasteiger partial charge in [0.25, 0.3) is 5.91 Å². The Morgan fingerprint density at radius 2 is 1.77 bits per heavy atom. The fourth-order valence-corrected chi connectivity index (χ4v) is 2.25. The van der Waals surface area contributed by atoms with Crippen LogP contribution >= 0.6 is 0 Å². The van der Waals surface area contributed by atoms with E-state index in [1.54, 1.807) is 17.0 Å². The number of hydrogen-bond donors (Lipinski definition) is 0. The van der Waals surface area contributed by atoms with Crippen molar-refractivity contribution >= 4 is 11.6 Å². The standard InChI is InChI=1S/C18H21FN2O/c1-4-21(18(22)15-6-5-7-16(19)12-15)13-14-8-10-17(11-9-14)20(2)3/h5-12H,4,13H2,1-3H3. The van der Waals surface area contributed by atoms with Gasteiger partial charge in [-0.1, -0.05) is 18.2 Å². The van der Waals surface area contributed by atoms with Crippen molar-refractivity contribution in [2.75, 3.05) is 25.5 Å². The maximum atomic E-state index is 13.3. The molecule has 2 rings (SSSR count). The molecule has 0 aliphatic heterocycles. The lowest BCUT2D eigenvalue weighted by Gasteiger charge is -2.21. The van der Waals surface area contributed by atoms with Crippen LogP contribution in [0, 0.1) is 5.82 Å². The summed E-state index contributed by atoms with van der Waals surface area (Å²) in [5, 5.41) is 0. The Bertz CT molecular complexity index is 638. The summed E-state index contributed by atoms with van der Waals surface area (Å²) in [6.07, 6.45) is 0. The zero-order valence-electron chi connectivity index (χ0n) is 13.2. The van der Waals surface area contributed by atoms with Gasteiger partial charge >= 0.3 is 0 Å². The molecule has 0 spiro atoms. The number of nitrogens with zero attached hydrogens (tertiary/aromatic N) is 2. The van der Waals surface area contributed by atoms with Crippen molar-refractivity contribution in [3.05, 3.63) is 65.5 Å². The predicted molar refractivity (Wildman–Crippen MR) is 87.6 cm³/mol. The Morgan fingerprint density at radius 1 is 1.09 bits per heavy atom. The first-order chi connectivity index (χ1) is 10.5. The third-order valence-corrected chi connectivity index (χ3v) is 3.57. The van der Waals surface area contributed by atoms with Crippen LogP contribution < -0.4 is 4.90 Å². The molecule has 0 heterocycles. The fraction of sp³-hybridized carbons (Fsp3) is 0.278. The van der Waals surface area contributed by atoms with E-state index in [0.717, 1.165) is 11.3 Å². The minimum Gasteiger partial charge on any atom is -0.378 e. The van der Waals surface area contributed by atoms with Gasteiger partial charge in [0.2, 0.25) is 0 Å². The number of carbonyl (C=O) groups is 1. The quantitative estimate of drug-likeness (QED) is 0.843. The van der Waals surface area contributed by atoms with Crippen molar-refractivity contribution in [3.8, 4) is 0 Å². The average molecular weight is 300 g/mol. The second kappa shape index (κ2) is 7.07. The summed E-state index contributed by atoms with van der Waals surface area (Å²) < 4.78 is 13.3. The molecular formula is C18H21FN2O. The van der Waals surface area contributed by atoms with Gasteiger partial charge in [-0.3, -0.25) is 4.79 Å². The van der Waals surface area contributed by atoms with Crippen LogP contribution in [-0.4, -0.2) is 31.4 Å². The Labute approximate surface area is 131 Å². The number of amides is 1. The summed E-state index contributed by atoms with van der Waals surface area (Å²) in [5.74, 6) is -0.545. The number of anilines is 1. The van der Waals surface area contributed by atoms with Crippen molar-refractivity contribution < 1.29 is 9.18 Å². The van der Waals surface area contributed by atoms with Crippen LogP contribution in [0.15, 0.2) is 48.5 Å². The van der Waals surface area contributed by atoms with E-state index >= 15 is 0 Å². The maximum Gasteiger partial charge on any atom is 0.254 e. The van der Waals surface area contributed by atoms with Gasteiger partial charge in [0.05, 0.1) is 0 Å². The first-order valence-electron chi connectivity index (χ1n) is 7.32. The molecule has 0 N–H and O–H groups in total. The van der Waals surface area contributed by atoms with Crippen LogP contribution in [-0.2, 0) is 6.54 Å². The van der Waals surface area contributed by atoms with Gasteiger partial charge in [0.15, 0.2) is 0 Å². The molecule has 116 valence electrons. The summed E-state index contributed by atoms with van der Waals surface area (Å²) in [6, 6.07) is 13.9. The molecule has 0 bridgehead atoms. The van der Waals surface area contributed by atoms with Gasteiger partial charge < -0.3 is 9.80 Å². The Hall–Kier alpha value is -2.36. The summed E-state index contributed by atoms with van der Waals surface area (Å²) in [4.78, 5) is 16.2. The summed E-state index contributed by atoms with van der Waals surface area (Å²) >= 11 is 0. The first-order valence-corrected chi connectivity index (χ1v) is 7.32.